The van der Waals surface area contributed by atoms with Gasteiger partial charge in [-0.05, 0) is 12.3 Å². The maximum Gasteiger partial charge on any atom is 0.328 e. The Balaban J connectivity index is 4.56. The van der Waals surface area contributed by atoms with Gasteiger partial charge in [-0.3, -0.25) is 9.59 Å². The molecule has 0 rings (SSSR count). The first-order valence-electron chi connectivity index (χ1n) is 8.98. The summed E-state index contributed by atoms with van der Waals surface area (Å²) in [5.41, 5.74) is 0. The van der Waals surface area contributed by atoms with Gasteiger partial charge >= 0.3 is 5.97 Å². The number of ether oxygens (including phenoxy) is 1. The third kappa shape index (κ3) is 9.53. The van der Waals surface area contributed by atoms with Crippen molar-refractivity contribution in [3.05, 3.63) is 0 Å². The Kier molecular flexibility index (Phi) is 11.9. The summed E-state index contributed by atoms with van der Waals surface area (Å²) in [6.07, 6.45) is 7.19. The van der Waals surface area contributed by atoms with Crippen molar-refractivity contribution >= 4 is 17.8 Å². The molecule has 0 saturated carbocycles. The molecule has 0 radical (unpaired) electrons. The smallest absolute Gasteiger partial charge is 0.328 e. The highest BCUT2D eigenvalue weighted by Gasteiger charge is 2.28. The second kappa shape index (κ2) is 12.8. The van der Waals surface area contributed by atoms with Gasteiger partial charge in [0.25, 0.3) is 0 Å². The lowest BCUT2D eigenvalue weighted by Gasteiger charge is -2.24. The predicted molar refractivity (Wildman–Crippen MR) is 94.4 cm³/mol. The Bertz CT molecular complexity index is 396. The van der Waals surface area contributed by atoms with Gasteiger partial charge in [0.15, 0.2) is 0 Å². The van der Waals surface area contributed by atoms with Crippen LogP contribution in [0.1, 0.15) is 72.6 Å². The molecule has 0 saturated heterocycles. The summed E-state index contributed by atoms with van der Waals surface area (Å²) in [6, 6.07) is -1.32. The molecule has 0 aromatic heterocycles. The average Bonchev–Trinajstić information content (AvgIpc) is 2.53. The summed E-state index contributed by atoms with van der Waals surface area (Å²) in [7, 11) is 1.32. The topological polar surface area (TPSA) is 84.5 Å². The first-order valence-corrected chi connectivity index (χ1v) is 8.98. The molecule has 2 atom stereocenters. The molecule has 140 valence electrons. The predicted octanol–water partition coefficient (Wildman–Crippen LogP) is 2.56. The lowest BCUT2D eigenvalue weighted by Crippen LogP contribution is -2.53. The Morgan fingerprint density at radius 1 is 0.958 bits per heavy atom. The highest BCUT2D eigenvalue weighted by molar-refractivity contribution is 5.90. The number of methoxy groups -OCH3 is 1. The van der Waals surface area contributed by atoms with Crippen LogP contribution in [0.3, 0.4) is 0 Å². The van der Waals surface area contributed by atoms with Crippen molar-refractivity contribution in [1.82, 2.24) is 10.6 Å². The van der Waals surface area contributed by atoms with Crippen molar-refractivity contribution in [2.45, 2.75) is 84.7 Å². The number of carbonyl (C=O) groups excluding carboxylic acids is 3. The summed E-state index contributed by atoms with van der Waals surface area (Å²) in [4.78, 5) is 35.5. The molecule has 0 aromatic carbocycles. The van der Waals surface area contributed by atoms with Gasteiger partial charge in [0.05, 0.1) is 7.11 Å². The van der Waals surface area contributed by atoms with E-state index in [2.05, 4.69) is 17.6 Å². The van der Waals surface area contributed by atoms with E-state index in [-0.39, 0.29) is 17.7 Å². The lowest BCUT2D eigenvalue weighted by molar-refractivity contribution is -0.145. The van der Waals surface area contributed by atoms with Gasteiger partial charge < -0.3 is 15.4 Å². The zero-order valence-electron chi connectivity index (χ0n) is 15.8. The van der Waals surface area contributed by atoms with Gasteiger partial charge in [-0.25, -0.2) is 4.79 Å². The van der Waals surface area contributed by atoms with Crippen molar-refractivity contribution in [1.29, 1.82) is 0 Å². The second-order valence-electron chi connectivity index (χ2n) is 6.56. The van der Waals surface area contributed by atoms with Crippen molar-refractivity contribution in [2.75, 3.05) is 7.11 Å². The third-order valence-corrected chi connectivity index (χ3v) is 3.96. The summed E-state index contributed by atoms with van der Waals surface area (Å²) >= 11 is 0. The maximum absolute atomic E-state index is 12.4. The first-order chi connectivity index (χ1) is 11.3. The molecule has 0 aliphatic rings. The van der Waals surface area contributed by atoms with E-state index >= 15 is 0 Å². The van der Waals surface area contributed by atoms with E-state index in [0.29, 0.717) is 6.42 Å². The van der Waals surface area contributed by atoms with Crippen LogP contribution in [-0.2, 0) is 19.1 Å². The van der Waals surface area contributed by atoms with Crippen molar-refractivity contribution in [3.8, 4) is 0 Å². The van der Waals surface area contributed by atoms with E-state index in [1.54, 1.807) is 0 Å². The molecule has 2 N–H and O–H groups in total. The Morgan fingerprint density at radius 2 is 1.54 bits per heavy atom. The highest BCUT2D eigenvalue weighted by atomic mass is 16.5. The van der Waals surface area contributed by atoms with Crippen molar-refractivity contribution < 1.29 is 19.1 Å². The highest BCUT2D eigenvalue weighted by Crippen LogP contribution is 2.10. The minimum absolute atomic E-state index is 0.0683. The Labute approximate surface area is 146 Å². The normalized spacial score (nSPS) is 13.2. The number of hydrogen-bond donors (Lipinski definition) is 2. The minimum Gasteiger partial charge on any atom is -0.467 e. The largest absolute Gasteiger partial charge is 0.467 e. The molecule has 0 aliphatic carbocycles. The van der Waals surface area contributed by atoms with E-state index in [1.807, 2.05) is 13.8 Å². The number of rotatable bonds is 12. The Hall–Kier alpha value is -1.59. The van der Waals surface area contributed by atoms with Crippen LogP contribution in [0.5, 0.6) is 0 Å². The second-order valence-corrected chi connectivity index (χ2v) is 6.56. The van der Waals surface area contributed by atoms with Gasteiger partial charge in [0, 0.05) is 6.92 Å². The molecule has 24 heavy (non-hydrogen) atoms. The quantitative estimate of drug-likeness (QED) is 0.422. The van der Waals surface area contributed by atoms with E-state index in [4.69, 9.17) is 4.74 Å². The number of esters is 1. The van der Waals surface area contributed by atoms with Crippen LogP contribution >= 0.6 is 0 Å². The van der Waals surface area contributed by atoms with Crippen LogP contribution in [0.25, 0.3) is 0 Å². The number of unbranched alkanes of at least 4 members (excludes halogenated alkanes) is 5. The van der Waals surface area contributed by atoms with Crippen LogP contribution in [0, 0.1) is 5.92 Å². The number of hydrogen-bond acceptors (Lipinski definition) is 4. The minimum atomic E-state index is -0.663. The molecule has 0 unspecified atom stereocenters. The van der Waals surface area contributed by atoms with E-state index in [9.17, 15) is 14.4 Å². The standard InChI is InChI=1S/C18H34N2O4/c1-6-7-8-9-10-11-12-15(18(23)24-5)20-17(22)16(13(2)3)19-14(4)21/h13,15-16H,6-12H2,1-5H3,(H,19,21)(H,20,22)/t15-,16-/m1/s1. The van der Waals surface area contributed by atoms with Crippen LogP contribution in [0.15, 0.2) is 0 Å². The molecule has 0 bridgehead atoms. The zero-order chi connectivity index (χ0) is 18.5. The molecule has 0 fully saturated rings. The monoisotopic (exact) mass is 342 g/mol. The Morgan fingerprint density at radius 3 is 2.04 bits per heavy atom. The van der Waals surface area contributed by atoms with Gasteiger partial charge in [-0.1, -0.05) is 59.3 Å². The number of amides is 2. The van der Waals surface area contributed by atoms with Crippen LogP contribution in [0.2, 0.25) is 0 Å². The van der Waals surface area contributed by atoms with E-state index < -0.39 is 18.1 Å². The molecule has 6 nitrogen and oxygen atoms in total. The lowest BCUT2D eigenvalue weighted by atomic mass is 10.0. The average molecular weight is 342 g/mol. The number of nitrogens with one attached hydrogen (secondary N) is 2. The fourth-order valence-electron chi connectivity index (χ4n) is 2.54. The zero-order valence-corrected chi connectivity index (χ0v) is 15.8. The van der Waals surface area contributed by atoms with Gasteiger partial charge in [-0.15, -0.1) is 0 Å². The summed E-state index contributed by atoms with van der Waals surface area (Å²) < 4.78 is 4.79. The first kappa shape index (κ1) is 22.4. The summed E-state index contributed by atoms with van der Waals surface area (Å²) in [5, 5.41) is 5.36. The van der Waals surface area contributed by atoms with Crippen LogP contribution in [0.4, 0.5) is 0 Å². The molecule has 2 amide bonds. The van der Waals surface area contributed by atoms with E-state index in [0.717, 1.165) is 19.3 Å². The van der Waals surface area contributed by atoms with Crippen molar-refractivity contribution in [2.24, 2.45) is 5.92 Å². The SMILES string of the molecule is CCCCCCCC[C@@H](NC(=O)[C@H](NC(C)=O)C(C)C)C(=O)OC. The molecular formula is C18H34N2O4. The number of carbonyl (C=O) groups is 3. The van der Waals surface area contributed by atoms with Gasteiger partial charge in [0.1, 0.15) is 12.1 Å². The fourth-order valence-corrected chi connectivity index (χ4v) is 2.54. The molecule has 0 aliphatic heterocycles. The van der Waals surface area contributed by atoms with Gasteiger partial charge in [0.2, 0.25) is 11.8 Å². The van der Waals surface area contributed by atoms with Gasteiger partial charge in [-0.2, -0.15) is 0 Å². The molecule has 6 heteroatoms. The van der Waals surface area contributed by atoms with Crippen molar-refractivity contribution in [3.63, 3.8) is 0 Å². The molecule has 0 heterocycles. The molecule has 0 aromatic rings. The van der Waals surface area contributed by atoms with Crippen LogP contribution < -0.4 is 10.6 Å². The fraction of sp³-hybridized carbons (Fsp3) is 0.833. The molecule has 0 spiro atoms. The summed E-state index contributed by atoms with van der Waals surface area (Å²) in [5.74, 6) is -1.13. The van der Waals surface area contributed by atoms with Crippen LogP contribution in [-0.4, -0.2) is 37.0 Å². The maximum atomic E-state index is 12.4. The molecular weight excluding hydrogens is 308 g/mol. The third-order valence-electron chi connectivity index (χ3n) is 3.96. The van der Waals surface area contributed by atoms with E-state index in [1.165, 1.54) is 33.3 Å². The summed E-state index contributed by atoms with van der Waals surface area (Å²) in [6.45, 7) is 7.24.